The molecular formula is C17H26ClN3S. The molecule has 2 atom stereocenters. The predicted molar refractivity (Wildman–Crippen MR) is 99.9 cm³/mol. The number of hydrogen-bond acceptors (Lipinski definition) is 2. The van der Waals surface area contributed by atoms with Crippen molar-refractivity contribution >= 4 is 34.6 Å². The van der Waals surface area contributed by atoms with Crippen LogP contribution in [0.5, 0.6) is 0 Å². The quantitative estimate of drug-likeness (QED) is 0.804. The van der Waals surface area contributed by atoms with Gasteiger partial charge in [-0.25, -0.2) is 0 Å². The molecule has 1 aliphatic heterocycles. The van der Waals surface area contributed by atoms with Gasteiger partial charge in [0.15, 0.2) is 5.11 Å². The van der Waals surface area contributed by atoms with Crippen molar-refractivity contribution in [1.29, 1.82) is 0 Å². The zero-order chi connectivity index (χ0) is 16.1. The fraction of sp³-hybridized carbons (Fsp3) is 0.588. The van der Waals surface area contributed by atoms with E-state index in [4.69, 9.17) is 23.8 Å². The molecule has 1 heterocycles. The summed E-state index contributed by atoms with van der Waals surface area (Å²) in [7, 11) is 0. The number of rotatable bonds is 4. The number of thiocarbonyl (C=S) groups is 1. The molecule has 1 fully saturated rings. The van der Waals surface area contributed by atoms with E-state index < -0.39 is 0 Å². The summed E-state index contributed by atoms with van der Waals surface area (Å²) in [5.41, 5.74) is 1.98. The van der Waals surface area contributed by atoms with Crippen LogP contribution in [0, 0.1) is 6.92 Å². The third-order valence-electron chi connectivity index (χ3n) is 4.49. The van der Waals surface area contributed by atoms with Crippen LogP contribution in [0.25, 0.3) is 0 Å². The Balaban J connectivity index is 1.83. The Hall–Kier alpha value is -0.840. The van der Waals surface area contributed by atoms with Crippen molar-refractivity contribution < 1.29 is 0 Å². The standard InChI is InChI=1S/C17H26ClN3S/c1-12-7-4-5-10-21(12)13(2)11-19-17(22)20-16-9-6-8-15(18)14(16)3/h6,8-9,12-13H,4-5,7,10-11H2,1-3H3,(H2,19,20,22)/t12-,13+/m0/s1. The summed E-state index contributed by atoms with van der Waals surface area (Å²) in [5, 5.41) is 7.98. The van der Waals surface area contributed by atoms with Crippen molar-refractivity contribution in [2.24, 2.45) is 0 Å². The van der Waals surface area contributed by atoms with E-state index in [0.29, 0.717) is 17.2 Å². The normalized spacial score (nSPS) is 20.5. The van der Waals surface area contributed by atoms with Crippen LogP contribution >= 0.6 is 23.8 Å². The van der Waals surface area contributed by atoms with E-state index >= 15 is 0 Å². The van der Waals surface area contributed by atoms with Crippen LogP contribution in [0.15, 0.2) is 18.2 Å². The molecule has 1 aromatic rings. The molecule has 0 amide bonds. The highest BCUT2D eigenvalue weighted by molar-refractivity contribution is 7.80. The van der Waals surface area contributed by atoms with Crippen molar-refractivity contribution in [3.05, 3.63) is 28.8 Å². The van der Waals surface area contributed by atoms with Gasteiger partial charge in [0.05, 0.1) is 0 Å². The molecular weight excluding hydrogens is 314 g/mol. The molecule has 0 spiro atoms. The van der Waals surface area contributed by atoms with Gasteiger partial charge in [0.1, 0.15) is 0 Å². The first kappa shape index (κ1) is 17.5. The van der Waals surface area contributed by atoms with Gasteiger partial charge < -0.3 is 10.6 Å². The van der Waals surface area contributed by atoms with Gasteiger partial charge in [0.2, 0.25) is 0 Å². The summed E-state index contributed by atoms with van der Waals surface area (Å²) in [5.74, 6) is 0. The summed E-state index contributed by atoms with van der Waals surface area (Å²) in [6.07, 6.45) is 3.96. The van der Waals surface area contributed by atoms with Crippen molar-refractivity contribution in [2.45, 2.75) is 52.1 Å². The third-order valence-corrected chi connectivity index (χ3v) is 5.15. The molecule has 2 N–H and O–H groups in total. The van der Waals surface area contributed by atoms with Crippen molar-refractivity contribution in [3.8, 4) is 0 Å². The Labute approximate surface area is 144 Å². The molecule has 22 heavy (non-hydrogen) atoms. The molecule has 3 nitrogen and oxygen atoms in total. The fourth-order valence-electron chi connectivity index (χ4n) is 3.04. The average molecular weight is 340 g/mol. The first-order valence-corrected chi connectivity index (χ1v) is 8.83. The van der Waals surface area contributed by atoms with E-state index in [9.17, 15) is 0 Å². The number of benzene rings is 1. The number of piperidine rings is 1. The highest BCUT2D eigenvalue weighted by atomic mass is 35.5. The van der Waals surface area contributed by atoms with Gasteiger partial charge in [0.25, 0.3) is 0 Å². The van der Waals surface area contributed by atoms with Crippen LogP contribution < -0.4 is 10.6 Å². The van der Waals surface area contributed by atoms with Gasteiger partial charge >= 0.3 is 0 Å². The van der Waals surface area contributed by atoms with E-state index in [2.05, 4.69) is 29.4 Å². The van der Waals surface area contributed by atoms with Gasteiger partial charge in [-0.2, -0.15) is 0 Å². The van der Waals surface area contributed by atoms with Crippen LogP contribution in [0.1, 0.15) is 38.7 Å². The molecule has 0 aliphatic carbocycles. The second-order valence-corrected chi connectivity index (χ2v) is 6.99. The second-order valence-electron chi connectivity index (χ2n) is 6.18. The SMILES string of the molecule is Cc1c(Cl)cccc1NC(=S)NC[C@@H](C)N1CCCC[C@@H]1C. The smallest absolute Gasteiger partial charge is 0.170 e. The third kappa shape index (κ3) is 4.58. The summed E-state index contributed by atoms with van der Waals surface area (Å²) in [6.45, 7) is 8.63. The average Bonchev–Trinajstić information content (AvgIpc) is 2.50. The zero-order valence-corrected chi connectivity index (χ0v) is 15.2. The second kappa shape index (κ2) is 8.14. The van der Waals surface area contributed by atoms with E-state index in [0.717, 1.165) is 22.8 Å². The summed E-state index contributed by atoms with van der Waals surface area (Å²) >= 11 is 11.5. The lowest BCUT2D eigenvalue weighted by Gasteiger charge is -2.38. The molecule has 2 rings (SSSR count). The van der Waals surface area contributed by atoms with Crippen molar-refractivity contribution in [2.75, 3.05) is 18.4 Å². The van der Waals surface area contributed by atoms with Gasteiger partial charge in [-0.05, 0) is 70.1 Å². The summed E-state index contributed by atoms with van der Waals surface area (Å²) < 4.78 is 0. The Kier molecular flexibility index (Phi) is 6.48. The lowest BCUT2D eigenvalue weighted by atomic mass is 10.0. The maximum Gasteiger partial charge on any atom is 0.170 e. The summed E-state index contributed by atoms with van der Waals surface area (Å²) in [4.78, 5) is 2.57. The Morgan fingerprint density at radius 1 is 1.45 bits per heavy atom. The highest BCUT2D eigenvalue weighted by Gasteiger charge is 2.22. The number of anilines is 1. The number of nitrogens with one attached hydrogen (secondary N) is 2. The first-order valence-electron chi connectivity index (χ1n) is 8.04. The predicted octanol–water partition coefficient (Wildman–Crippen LogP) is 4.20. The van der Waals surface area contributed by atoms with Crippen molar-refractivity contribution in [3.63, 3.8) is 0 Å². The van der Waals surface area contributed by atoms with Gasteiger partial charge in [0, 0.05) is 29.3 Å². The number of nitrogens with zero attached hydrogens (tertiary/aromatic N) is 1. The maximum atomic E-state index is 6.13. The van der Waals surface area contributed by atoms with Gasteiger partial charge in [-0.15, -0.1) is 0 Å². The molecule has 0 radical (unpaired) electrons. The number of likely N-dealkylation sites (tertiary alicyclic amines) is 1. The number of halogens is 1. The number of hydrogen-bond donors (Lipinski definition) is 2. The fourth-order valence-corrected chi connectivity index (χ4v) is 3.41. The molecule has 5 heteroatoms. The van der Waals surface area contributed by atoms with Crippen LogP contribution in [-0.2, 0) is 0 Å². The largest absolute Gasteiger partial charge is 0.361 e. The molecule has 0 aromatic heterocycles. The minimum Gasteiger partial charge on any atom is -0.361 e. The maximum absolute atomic E-state index is 6.13. The van der Waals surface area contributed by atoms with Crippen molar-refractivity contribution in [1.82, 2.24) is 10.2 Å². The van der Waals surface area contributed by atoms with Crippen LogP contribution in [0.2, 0.25) is 5.02 Å². The van der Waals surface area contributed by atoms with Gasteiger partial charge in [-0.3, -0.25) is 4.90 Å². The molecule has 0 unspecified atom stereocenters. The Bertz CT molecular complexity index is 521. The first-order chi connectivity index (χ1) is 10.5. The lowest BCUT2D eigenvalue weighted by Crippen LogP contribution is -2.49. The lowest BCUT2D eigenvalue weighted by molar-refractivity contribution is 0.116. The molecule has 122 valence electrons. The topological polar surface area (TPSA) is 27.3 Å². The van der Waals surface area contributed by atoms with Crippen LogP contribution in [-0.4, -0.2) is 35.2 Å². The zero-order valence-electron chi connectivity index (χ0n) is 13.7. The molecule has 1 saturated heterocycles. The van der Waals surface area contributed by atoms with E-state index in [-0.39, 0.29) is 0 Å². The van der Waals surface area contributed by atoms with Crippen LogP contribution in [0.4, 0.5) is 5.69 Å². The van der Waals surface area contributed by atoms with E-state index in [1.54, 1.807) is 0 Å². The van der Waals surface area contributed by atoms with E-state index in [1.807, 2.05) is 25.1 Å². The Morgan fingerprint density at radius 2 is 2.23 bits per heavy atom. The van der Waals surface area contributed by atoms with E-state index in [1.165, 1.54) is 25.8 Å². The van der Waals surface area contributed by atoms with Crippen LogP contribution in [0.3, 0.4) is 0 Å². The molecule has 1 aliphatic rings. The Morgan fingerprint density at radius 3 is 2.95 bits per heavy atom. The monoisotopic (exact) mass is 339 g/mol. The highest BCUT2D eigenvalue weighted by Crippen LogP contribution is 2.23. The van der Waals surface area contributed by atoms with Gasteiger partial charge in [-0.1, -0.05) is 24.1 Å². The molecule has 0 saturated carbocycles. The summed E-state index contributed by atoms with van der Waals surface area (Å²) in [6, 6.07) is 6.96. The molecule has 1 aromatic carbocycles. The molecule has 0 bridgehead atoms. The minimum absolute atomic E-state index is 0.482. The minimum atomic E-state index is 0.482.